The van der Waals surface area contributed by atoms with Gasteiger partial charge in [-0.15, -0.1) is 0 Å². The quantitative estimate of drug-likeness (QED) is 0.805. The molecule has 0 spiro atoms. The smallest absolute Gasteiger partial charge is 0.237 e. The van der Waals surface area contributed by atoms with Gasteiger partial charge >= 0.3 is 0 Å². The molecule has 0 aliphatic carbocycles. The summed E-state index contributed by atoms with van der Waals surface area (Å²) in [6.45, 7) is 6.12. The molecule has 1 amide bonds. The summed E-state index contributed by atoms with van der Waals surface area (Å²) in [7, 11) is 0. The summed E-state index contributed by atoms with van der Waals surface area (Å²) in [4.78, 5) is 11.6. The molecule has 136 valence electrons. The predicted molar refractivity (Wildman–Crippen MR) is 105 cm³/mol. The standard InChI is InChI=1S/C22H26N2O2/c1-16-13-19(15-24-20-10-11-23-22(20)25)14-17(2)21(16)26-12-6-9-18-7-4-3-5-8-18/h3-9,13-14,20,24H,10-12,15H2,1-2H3,(H,23,25). The summed E-state index contributed by atoms with van der Waals surface area (Å²) >= 11 is 0. The molecule has 1 atom stereocenters. The van der Waals surface area contributed by atoms with Crippen molar-refractivity contribution < 1.29 is 9.53 Å². The minimum Gasteiger partial charge on any atom is -0.489 e. The van der Waals surface area contributed by atoms with Gasteiger partial charge in [0.2, 0.25) is 5.91 Å². The Hall–Kier alpha value is -2.59. The van der Waals surface area contributed by atoms with Crippen LogP contribution in [0.4, 0.5) is 0 Å². The van der Waals surface area contributed by atoms with E-state index in [1.54, 1.807) is 0 Å². The van der Waals surface area contributed by atoms with Gasteiger partial charge in [-0.2, -0.15) is 0 Å². The van der Waals surface area contributed by atoms with Crippen LogP contribution < -0.4 is 15.4 Å². The van der Waals surface area contributed by atoms with E-state index in [1.165, 1.54) is 11.1 Å². The van der Waals surface area contributed by atoms with E-state index in [4.69, 9.17) is 4.74 Å². The number of carbonyl (C=O) groups is 1. The SMILES string of the molecule is Cc1cc(CNC2CCNC2=O)cc(C)c1OCC=Cc1ccccc1. The number of hydrogen-bond donors (Lipinski definition) is 2. The predicted octanol–water partition coefficient (Wildman–Crippen LogP) is 3.37. The van der Waals surface area contributed by atoms with Crippen LogP contribution in [-0.4, -0.2) is 25.1 Å². The van der Waals surface area contributed by atoms with Crippen molar-refractivity contribution in [2.45, 2.75) is 32.9 Å². The van der Waals surface area contributed by atoms with E-state index in [0.29, 0.717) is 13.2 Å². The zero-order valence-corrected chi connectivity index (χ0v) is 15.4. The highest BCUT2D eigenvalue weighted by atomic mass is 16.5. The first-order valence-corrected chi connectivity index (χ1v) is 9.09. The van der Waals surface area contributed by atoms with Gasteiger partial charge in [0.1, 0.15) is 12.4 Å². The lowest BCUT2D eigenvalue weighted by atomic mass is 10.1. The maximum Gasteiger partial charge on any atom is 0.237 e. The number of hydrogen-bond acceptors (Lipinski definition) is 3. The Kier molecular flexibility index (Phi) is 6.08. The molecule has 3 rings (SSSR count). The van der Waals surface area contributed by atoms with Gasteiger partial charge in [-0.1, -0.05) is 48.5 Å². The van der Waals surface area contributed by atoms with Crippen molar-refractivity contribution in [1.82, 2.24) is 10.6 Å². The van der Waals surface area contributed by atoms with E-state index in [-0.39, 0.29) is 11.9 Å². The molecule has 0 radical (unpaired) electrons. The molecule has 4 nitrogen and oxygen atoms in total. The van der Waals surface area contributed by atoms with Crippen LogP contribution in [0.15, 0.2) is 48.5 Å². The minimum atomic E-state index is -0.0744. The number of rotatable bonds is 7. The van der Waals surface area contributed by atoms with E-state index in [1.807, 2.05) is 24.3 Å². The molecule has 0 saturated carbocycles. The van der Waals surface area contributed by atoms with Crippen molar-refractivity contribution in [1.29, 1.82) is 0 Å². The third-order valence-corrected chi connectivity index (χ3v) is 4.56. The highest BCUT2D eigenvalue weighted by Gasteiger charge is 2.23. The zero-order chi connectivity index (χ0) is 18.4. The lowest BCUT2D eigenvalue weighted by Crippen LogP contribution is -2.35. The van der Waals surface area contributed by atoms with Gasteiger partial charge in [-0.3, -0.25) is 4.79 Å². The molecule has 2 aromatic rings. The van der Waals surface area contributed by atoms with Crippen molar-refractivity contribution in [3.8, 4) is 5.75 Å². The third kappa shape index (κ3) is 4.73. The summed E-state index contributed by atoms with van der Waals surface area (Å²) < 4.78 is 5.97. The fourth-order valence-corrected chi connectivity index (χ4v) is 3.28. The summed E-state index contributed by atoms with van der Waals surface area (Å²) in [6.07, 6.45) is 4.95. The first-order valence-electron chi connectivity index (χ1n) is 9.09. The molecule has 2 aromatic carbocycles. The van der Waals surface area contributed by atoms with Crippen molar-refractivity contribution in [3.05, 3.63) is 70.8 Å². The molecule has 1 fully saturated rings. The maximum absolute atomic E-state index is 11.6. The van der Waals surface area contributed by atoms with Gasteiger partial charge in [0, 0.05) is 13.1 Å². The second kappa shape index (κ2) is 8.68. The van der Waals surface area contributed by atoms with Crippen LogP contribution in [0.5, 0.6) is 5.75 Å². The van der Waals surface area contributed by atoms with Crippen LogP contribution in [0, 0.1) is 13.8 Å². The first kappa shape index (κ1) is 18.2. The molecule has 0 bridgehead atoms. The summed E-state index contributed by atoms with van der Waals surface area (Å²) in [5, 5.41) is 6.18. The normalized spacial score (nSPS) is 16.8. The fraction of sp³-hybridized carbons (Fsp3) is 0.318. The molecule has 4 heteroatoms. The average molecular weight is 350 g/mol. The Bertz CT molecular complexity index is 761. The number of amides is 1. The number of benzene rings is 2. The Morgan fingerprint density at radius 3 is 2.58 bits per heavy atom. The van der Waals surface area contributed by atoms with E-state index in [0.717, 1.165) is 29.8 Å². The van der Waals surface area contributed by atoms with Gasteiger partial charge in [0.25, 0.3) is 0 Å². The Labute approximate surface area is 155 Å². The Balaban J connectivity index is 1.56. The monoisotopic (exact) mass is 350 g/mol. The van der Waals surface area contributed by atoms with Crippen molar-refractivity contribution >= 4 is 12.0 Å². The van der Waals surface area contributed by atoms with Gasteiger partial charge < -0.3 is 15.4 Å². The van der Waals surface area contributed by atoms with E-state index in [2.05, 4.69) is 54.8 Å². The molecule has 1 heterocycles. The lowest BCUT2D eigenvalue weighted by molar-refractivity contribution is -0.120. The molecular formula is C22H26N2O2. The maximum atomic E-state index is 11.6. The summed E-state index contributed by atoms with van der Waals surface area (Å²) in [5.41, 5.74) is 4.57. The summed E-state index contributed by atoms with van der Waals surface area (Å²) in [5.74, 6) is 1.04. The number of ether oxygens (including phenoxy) is 1. The Morgan fingerprint density at radius 1 is 1.19 bits per heavy atom. The topological polar surface area (TPSA) is 50.4 Å². The highest BCUT2D eigenvalue weighted by Crippen LogP contribution is 2.25. The van der Waals surface area contributed by atoms with Crippen LogP contribution >= 0.6 is 0 Å². The van der Waals surface area contributed by atoms with Crippen LogP contribution in [0.2, 0.25) is 0 Å². The van der Waals surface area contributed by atoms with E-state index >= 15 is 0 Å². The van der Waals surface area contributed by atoms with Crippen molar-refractivity contribution in [3.63, 3.8) is 0 Å². The van der Waals surface area contributed by atoms with Gasteiger partial charge in [0.05, 0.1) is 6.04 Å². The van der Waals surface area contributed by atoms with Crippen molar-refractivity contribution in [2.75, 3.05) is 13.2 Å². The molecule has 2 N–H and O–H groups in total. The third-order valence-electron chi connectivity index (χ3n) is 4.56. The van der Waals surface area contributed by atoms with Gasteiger partial charge in [-0.05, 0) is 48.6 Å². The van der Waals surface area contributed by atoms with Crippen LogP contribution in [-0.2, 0) is 11.3 Å². The Morgan fingerprint density at radius 2 is 1.92 bits per heavy atom. The lowest BCUT2D eigenvalue weighted by Gasteiger charge is -2.15. The second-order valence-electron chi connectivity index (χ2n) is 6.70. The zero-order valence-electron chi connectivity index (χ0n) is 15.4. The number of aryl methyl sites for hydroxylation is 2. The van der Waals surface area contributed by atoms with Crippen LogP contribution in [0.3, 0.4) is 0 Å². The molecule has 0 aromatic heterocycles. The van der Waals surface area contributed by atoms with E-state index in [9.17, 15) is 4.79 Å². The largest absolute Gasteiger partial charge is 0.489 e. The number of nitrogens with one attached hydrogen (secondary N) is 2. The van der Waals surface area contributed by atoms with Crippen molar-refractivity contribution in [2.24, 2.45) is 0 Å². The first-order chi connectivity index (χ1) is 12.6. The van der Waals surface area contributed by atoms with E-state index < -0.39 is 0 Å². The highest BCUT2D eigenvalue weighted by molar-refractivity contribution is 5.83. The molecule has 1 unspecified atom stereocenters. The van der Waals surface area contributed by atoms with Crippen LogP contribution in [0.1, 0.15) is 28.7 Å². The minimum absolute atomic E-state index is 0.0744. The molecule has 1 aliphatic heterocycles. The fourth-order valence-electron chi connectivity index (χ4n) is 3.28. The number of carbonyl (C=O) groups excluding carboxylic acids is 1. The second-order valence-corrected chi connectivity index (χ2v) is 6.70. The summed E-state index contributed by atoms with van der Waals surface area (Å²) in [6, 6.07) is 14.4. The molecule has 1 saturated heterocycles. The average Bonchev–Trinajstić information content (AvgIpc) is 3.04. The van der Waals surface area contributed by atoms with Gasteiger partial charge in [-0.25, -0.2) is 0 Å². The molecule has 26 heavy (non-hydrogen) atoms. The van der Waals surface area contributed by atoms with Crippen LogP contribution in [0.25, 0.3) is 6.08 Å². The molecular weight excluding hydrogens is 324 g/mol. The van der Waals surface area contributed by atoms with Gasteiger partial charge in [0.15, 0.2) is 0 Å². The molecule has 1 aliphatic rings.